The molecule has 0 spiro atoms. The number of hydrogen-bond acceptors (Lipinski definition) is 2. The number of hydrogen-bond donors (Lipinski definition) is 1. The third kappa shape index (κ3) is 4.67. The summed E-state index contributed by atoms with van der Waals surface area (Å²) in [7, 11) is -1.18. The first-order valence-electron chi connectivity index (χ1n) is 8.21. The molecule has 1 amide bonds. The third-order valence-electron chi connectivity index (χ3n) is 4.52. The van der Waals surface area contributed by atoms with Gasteiger partial charge in [-0.05, 0) is 44.7 Å². The summed E-state index contributed by atoms with van der Waals surface area (Å²) < 4.78 is 12.5. The number of aryl methyl sites for hydroxylation is 2. The van der Waals surface area contributed by atoms with Crippen LogP contribution in [0.4, 0.5) is 0 Å². The van der Waals surface area contributed by atoms with E-state index in [-0.39, 0.29) is 11.9 Å². The Morgan fingerprint density at radius 2 is 1.95 bits per heavy atom. The van der Waals surface area contributed by atoms with Gasteiger partial charge < -0.3 is 5.32 Å². The van der Waals surface area contributed by atoms with Crippen LogP contribution in [0.15, 0.2) is 18.2 Å². The van der Waals surface area contributed by atoms with E-state index in [1.54, 1.807) is 6.92 Å². The molecule has 0 heterocycles. The molecular weight excluding hydrogens is 294 g/mol. The molecule has 122 valence electrons. The van der Waals surface area contributed by atoms with Crippen LogP contribution >= 0.6 is 0 Å². The minimum Gasteiger partial charge on any atom is -0.352 e. The Labute approximate surface area is 136 Å². The van der Waals surface area contributed by atoms with Gasteiger partial charge in [-0.2, -0.15) is 0 Å². The average Bonchev–Trinajstić information content (AvgIpc) is 2.51. The second-order valence-corrected chi connectivity index (χ2v) is 8.20. The molecule has 0 saturated heterocycles. The van der Waals surface area contributed by atoms with Crippen molar-refractivity contribution in [3.63, 3.8) is 0 Å². The Morgan fingerprint density at radius 3 is 2.64 bits per heavy atom. The van der Waals surface area contributed by atoms with Crippen molar-refractivity contribution in [1.82, 2.24) is 5.32 Å². The summed E-state index contributed by atoms with van der Waals surface area (Å²) >= 11 is 0. The van der Waals surface area contributed by atoms with E-state index in [1.165, 1.54) is 19.3 Å². The molecule has 2 rings (SSSR count). The van der Waals surface area contributed by atoms with Crippen molar-refractivity contribution in [1.29, 1.82) is 0 Å². The number of benzene rings is 1. The highest BCUT2D eigenvalue weighted by Crippen LogP contribution is 2.18. The first kappa shape index (κ1) is 17.2. The van der Waals surface area contributed by atoms with Gasteiger partial charge in [-0.3, -0.25) is 9.00 Å². The fourth-order valence-corrected chi connectivity index (χ4v) is 4.09. The largest absolute Gasteiger partial charge is 0.352 e. The molecule has 0 aliphatic heterocycles. The van der Waals surface area contributed by atoms with Crippen LogP contribution in [0.25, 0.3) is 0 Å². The molecule has 1 aliphatic rings. The van der Waals surface area contributed by atoms with E-state index in [2.05, 4.69) is 23.5 Å². The summed E-state index contributed by atoms with van der Waals surface area (Å²) in [4.78, 5) is 12.3. The quantitative estimate of drug-likeness (QED) is 0.903. The molecule has 1 fully saturated rings. The van der Waals surface area contributed by atoms with E-state index in [0.717, 1.165) is 29.5 Å². The summed E-state index contributed by atoms with van der Waals surface area (Å²) in [6.45, 7) is 5.84. The second kappa shape index (κ2) is 7.91. The van der Waals surface area contributed by atoms with E-state index >= 15 is 0 Å². The van der Waals surface area contributed by atoms with Gasteiger partial charge in [0, 0.05) is 22.6 Å². The van der Waals surface area contributed by atoms with Crippen molar-refractivity contribution >= 4 is 16.7 Å². The molecule has 2 atom stereocenters. The van der Waals surface area contributed by atoms with Gasteiger partial charge in [-0.1, -0.05) is 43.0 Å². The lowest BCUT2D eigenvalue weighted by Gasteiger charge is -2.24. The predicted octanol–water partition coefficient (Wildman–Crippen LogP) is 3.39. The van der Waals surface area contributed by atoms with Crippen LogP contribution in [0.1, 0.15) is 55.7 Å². The summed E-state index contributed by atoms with van der Waals surface area (Å²) in [6, 6.07) is 6.45. The minimum absolute atomic E-state index is 0.0597. The van der Waals surface area contributed by atoms with E-state index in [9.17, 15) is 9.00 Å². The Bertz CT molecular complexity index is 550. The third-order valence-corrected chi connectivity index (χ3v) is 6.12. The zero-order chi connectivity index (χ0) is 16.1. The number of carbonyl (C=O) groups is 1. The van der Waals surface area contributed by atoms with Crippen molar-refractivity contribution in [2.45, 2.75) is 69.9 Å². The Kier molecular flexibility index (Phi) is 6.18. The van der Waals surface area contributed by atoms with Crippen LogP contribution in [0.3, 0.4) is 0 Å². The molecule has 0 aromatic heterocycles. The monoisotopic (exact) mass is 321 g/mol. The molecule has 0 bridgehead atoms. The van der Waals surface area contributed by atoms with Crippen LogP contribution in [0.5, 0.6) is 0 Å². The summed E-state index contributed by atoms with van der Waals surface area (Å²) in [5.74, 6) is 0.391. The van der Waals surface area contributed by atoms with Gasteiger partial charge in [0.15, 0.2) is 0 Å². The number of nitrogens with one attached hydrogen (secondary N) is 1. The van der Waals surface area contributed by atoms with Crippen molar-refractivity contribution in [2.24, 2.45) is 0 Å². The van der Waals surface area contributed by atoms with Crippen molar-refractivity contribution in [3.8, 4) is 0 Å². The topological polar surface area (TPSA) is 46.2 Å². The predicted molar refractivity (Wildman–Crippen MR) is 92.2 cm³/mol. The highest BCUT2D eigenvalue weighted by molar-refractivity contribution is 7.85. The van der Waals surface area contributed by atoms with Crippen LogP contribution in [0.2, 0.25) is 0 Å². The minimum atomic E-state index is -1.18. The van der Waals surface area contributed by atoms with Crippen molar-refractivity contribution in [3.05, 3.63) is 34.9 Å². The van der Waals surface area contributed by atoms with Crippen LogP contribution in [0, 0.1) is 13.8 Å². The van der Waals surface area contributed by atoms with E-state index in [0.29, 0.717) is 5.75 Å². The summed E-state index contributed by atoms with van der Waals surface area (Å²) in [6.07, 6.45) is 5.75. The second-order valence-electron chi connectivity index (χ2n) is 6.44. The van der Waals surface area contributed by atoms with E-state index in [1.807, 2.05) is 13.8 Å². The molecule has 22 heavy (non-hydrogen) atoms. The van der Waals surface area contributed by atoms with Gasteiger partial charge in [0.05, 0.1) is 0 Å². The molecule has 1 saturated carbocycles. The van der Waals surface area contributed by atoms with Gasteiger partial charge in [-0.25, -0.2) is 0 Å². The Balaban J connectivity index is 1.93. The zero-order valence-electron chi connectivity index (χ0n) is 13.9. The molecule has 1 aliphatic carbocycles. The van der Waals surface area contributed by atoms with Crippen molar-refractivity contribution in [2.75, 3.05) is 0 Å². The molecule has 0 radical (unpaired) electrons. The fraction of sp³-hybridized carbons (Fsp3) is 0.611. The average molecular weight is 321 g/mol. The van der Waals surface area contributed by atoms with Gasteiger partial charge >= 0.3 is 0 Å². The molecule has 1 aromatic rings. The maximum atomic E-state index is 12.5. The van der Waals surface area contributed by atoms with E-state index < -0.39 is 16.0 Å². The Hall–Kier alpha value is -1.16. The lowest BCUT2D eigenvalue weighted by Crippen LogP contribution is -2.42. The lowest BCUT2D eigenvalue weighted by atomic mass is 9.95. The fourth-order valence-electron chi connectivity index (χ4n) is 2.92. The molecule has 4 heteroatoms. The van der Waals surface area contributed by atoms with Gasteiger partial charge in [0.25, 0.3) is 0 Å². The van der Waals surface area contributed by atoms with Crippen molar-refractivity contribution < 1.29 is 9.00 Å². The maximum absolute atomic E-state index is 12.5. The molecule has 3 nitrogen and oxygen atoms in total. The zero-order valence-corrected chi connectivity index (χ0v) is 14.7. The lowest BCUT2D eigenvalue weighted by molar-refractivity contribution is -0.121. The first-order chi connectivity index (χ1) is 10.5. The highest BCUT2D eigenvalue weighted by atomic mass is 32.2. The molecule has 2 unspecified atom stereocenters. The van der Waals surface area contributed by atoms with Crippen LogP contribution in [-0.2, 0) is 21.3 Å². The van der Waals surface area contributed by atoms with E-state index in [4.69, 9.17) is 0 Å². The SMILES string of the molecule is Cc1ccc(C)c(CS(=O)C(C)C(=O)NC2CCCCC2)c1. The molecular formula is C18H27NO2S. The number of rotatable bonds is 5. The van der Waals surface area contributed by atoms with Crippen LogP contribution in [-0.4, -0.2) is 21.4 Å². The van der Waals surface area contributed by atoms with Gasteiger partial charge in [0.1, 0.15) is 5.25 Å². The summed E-state index contributed by atoms with van der Waals surface area (Å²) in [5.41, 5.74) is 3.38. The molecule has 1 N–H and O–H groups in total. The Morgan fingerprint density at radius 1 is 1.27 bits per heavy atom. The van der Waals surface area contributed by atoms with Gasteiger partial charge in [-0.15, -0.1) is 0 Å². The number of carbonyl (C=O) groups excluding carboxylic acids is 1. The summed E-state index contributed by atoms with van der Waals surface area (Å²) in [5, 5.41) is 2.62. The highest BCUT2D eigenvalue weighted by Gasteiger charge is 2.24. The maximum Gasteiger partial charge on any atom is 0.235 e. The van der Waals surface area contributed by atoms with Crippen LogP contribution < -0.4 is 5.32 Å². The molecule has 1 aromatic carbocycles. The first-order valence-corrected chi connectivity index (χ1v) is 9.59. The number of amides is 1. The smallest absolute Gasteiger partial charge is 0.235 e. The normalized spacial score (nSPS) is 18.7. The standard InChI is InChI=1S/C18H27NO2S/c1-13-9-10-14(2)16(11-13)12-22(21)15(3)18(20)19-17-7-5-4-6-8-17/h9-11,15,17H,4-8,12H2,1-3H3,(H,19,20). The van der Waals surface area contributed by atoms with Gasteiger partial charge in [0.2, 0.25) is 5.91 Å².